The van der Waals surface area contributed by atoms with Crippen LogP contribution in [-0.2, 0) is 16.1 Å². The van der Waals surface area contributed by atoms with Crippen molar-refractivity contribution in [3.63, 3.8) is 0 Å². The zero-order chi connectivity index (χ0) is 26.5. The SMILES string of the molecule is COc1ccc2nccc(C=CC3CCC(NCc4ccc5c(n4)NC(=O)CS5)C(C[C@H](O)CO)O3)c2n1. The molecular formula is C27H31N5O5S. The van der Waals surface area contributed by atoms with Gasteiger partial charge in [-0.05, 0) is 37.1 Å². The maximum absolute atomic E-state index is 11.7. The molecule has 0 spiro atoms. The van der Waals surface area contributed by atoms with Gasteiger partial charge in [0.15, 0.2) is 0 Å². The van der Waals surface area contributed by atoms with Crippen LogP contribution in [0, 0.1) is 0 Å². The van der Waals surface area contributed by atoms with E-state index in [1.165, 1.54) is 11.8 Å². The Hall–Kier alpha value is -3.09. The van der Waals surface area contributed by atoms with Crippen LogP contribution in [0.25, 0.3) is 17.1 Å². The summed E-state index contributed by atoms with van der Waals surface area (Å²) in [6.45, 7) is 0.165. The number of carbonyl (C=O) groups excluding carboxylic acids is 1. The third-order valence-corrected chi connectivity index (χ3v) is 7.69. The van der Waals surface area contributed by atoms with Crippen LogP contribution in [0.15, 0.2) is 47.5 Å². The fourth-order valence-electron chi connectivity index (χ4n) is 4.68. The smallest absolute Gasteiger partial charge is 0.235 e. The van der Waals surface area contributed by atoms with Gasteiger partial charge in [0.25, 0.3) is 0 Å². The van der Waals surface area contributed by atoms with E-state index in [2.05, 4.69) is 25.6 Å². The van der Waals surface area contributed by atoms with Crippen molar-refractivity contribution in [1.29, 1.82) is 0 Å². The van der Waals surface area contributed by atoms with E-state index in [-0.39, 0.29) is 30.8 Å². The van der Waals surface area contributed by atoms with Gasteiger partial charge in [-0.1, -0.05) is 12.2 Å². The summed E-state index contributed by atoms with van der Waals surface area (Å²) in [7, 11) is 1.58. The number of methoxy groups -OCH3 is 1. The number of nitrogens with zero attached hydrogens (tertiary/aromatic N) is 3. The van der Waals surface area contributed by atoms with Crippen LogP contribution in [-0.4, -0.2) is 74.9 Å². The summed E-state index contributed by atoms with van der Waals surface area (Å²) in [5.41, 5.74) is 3.24. The molecule has 0 bridgehead atoms. The number of hydrogen-bond acceptors (Lipinski definition) is 10. The minimum Gasteiger partial charge on any atom is -0.481 e. The van der Waals surface area contributed by atoms with Crippen molar-refractivity contribution in [3.8, 4) is 5.88 Å². The first-order chi connectivity index (χ1) is 18.5. The molecule has 5 heterocycles. The van der Waals surface area contributed by atoms with E-state index in [1.54, 1.807) is 19.4 Å². The van der Waals surface area contributed by atoms with Gasteiger partial charge in [-0.3, -0.25) is 9.78 Å². The molecule has 3 aromatic rings. The van der Waals surface area contributed by atoms with Gasteiger partial charge in [0, 0.05) is 36.8 Å². The highest BCUT2D eigenvalue weighted by Gasteiger charge is 2.31. The summed E-state index contributed by atoms with van der Waals surface area (Å²) in [5, 5.41) is 26.0. The lowest BCUT2D eigenvalue weighted by molar-refractivity contribution is -0.113. The molecule has 0 radical (unpaired) electrons. The van der Waals surface area contributed by atoms with Gasteiger partial charge < -0.3 is 30.3 Å². The first-order valence-corrected chi connectivity index (χ1v) is 13.6. The Morgan fingerprint density at radius 3 is 3.00 bits per heavy atom. The zero-order valence-corrected chi connectivity index (χ0v) is 21.9. The summed E-state index contributed by atoms with van der Waals surface area (Å²) in [6, 6.07) is 9.45. The topological polar surface area (TPSA) is 139 Å². The van der Waals surface area contributed by atoms with Crippen molar-refractivity contribution in [2.24, 2.45) is 0 Å². The number of aromatic nitrogens is 3. The second-order valence-corrected chi connectivity index (χ2v) is 10.3. The summed E-state index contributed by atoms with van der Waals surface area (Å²) in [4.78, 5) is 26.2. The van der Waals surface area contributed by atoms with Gasteiger partial charge in [0.2, 0.25) is 11.8 Å². The number of rotatable bonds is 9. The molecule has 10 nitrogen and oxygen atoms in total. The third-order valence-electron chi connectivity index (χ3n) is 6.64. The molecule has 3 aromatic heterocycles. The molecule has 0 aromatic carbocycles. The van der Waals surface area contributed by atoms with Crippen molar-refractivity contribution in [2.75, 3.05) is 24.8 Å². The molecule has 200 valence electrons. The largest absolute Gasteiger partial charge is 0.481 e. The fraction of sp³-hybridized carbons (Fsp3) is 0.407. The van der Waals surface area contributed by atoms with Crippen LogP contribution in [0.1, 0.15) is 30.5 Å². The molecule has 5 rings (SSSR count). The molecular weight excluding hydrogens is 506 g/mol. The second-order valence-electron chi connectivity index (χ2n) is 9.32. The van der Waals surface area contributed by atoms with Crippen molar-refractivity contribution < 1.29 is 24.5 Å². The highest BCUT2D eigenvalue weighted by molar-refractivity contribution is 8.00. The van der Waals surface area contributed by atoms with Crippen molar-refractivity contribution in [1.82, 2.24) is 20.3 Å². The van der Waals surface area contributed by atoms with E-state index in [9.17, 15) is 15.0 Å². The molecule has 1 amide bonds. The van der Waals surface area contributed by atoms with Crippen LogP contribution in [0.2, 0.25) is 0 Å². The number of aliphatic hydroxyl groups is 2. The lowest BCUT2D eigenvalue weighted by Gasteiger charge is -2.37. The summed E-state index contributed by atoms with van der Waals surface area (Å²) in [5.74, 6) is 1.47. The molecule has 4 N–H and O–H groups in total. The lowest BCUT2D eigenvalue weighted by atomic mass is 9.94. The summed E-state index contributed by atoms with van der Waals surface area (Å²) >= 11 is 1.48. The molecule has 11 heteroatoms. The molecule has 2 aliphatic heterocycles. The minimum atomic E-state index is -0.873. The first kappa shape index (κ1) is 26.5. The standard InChI is InChI=1S/C27H31N5O5S/c1-36-25-9-7-21-26(32-25)16(10-11-28-21)2-4-19-5-6-20(22(37-19)12-18(34)14-33)29-13-17-3-8-23-27(30-17)31-24(35)15-38-23/h2-4,7-11,18-20,22,29,33-34H,5-6,12-15H2,1H3,(H,30,31,35)/t18-,19?,20?,22?/m0/s1. The van der Waals surface area contributed by atoms with Gasteiger partial charge >= 0.3 is 0 Å². The summed E-state index contributed by atoms with van der Waals surface area (Å²) < 4.78 is 11.7. The van der Waals surface area contributed by atoms with Crippen molar-refractivity contribution in [2.45, 2.75) is 55.1 Å². The number of hydrogen-bond donors (Lipinski definition) is 4. The predicted molar refractivity (Wildman–Crippen MR) is 145 cm³/mol. The maximum Gasteiger partial charge on any atom is 0.235 e. The average Bonchev–Trinajstić information content (AvgIpc) is 2.94. The second kappa shape index (κ2) is 12.2. The summed E-state index contributed by atoms with van der Waals surface area (Å²) in [6.07, 6.45) is 6.31. The number of ether oxygens (including phenoxy) is 2. The fourth-order valence-corrected chi connectivity index (χ4v) is 5.44. The zero-order valence-electron chi connectivity index (χ0n) is 21.0. The number of pyridine rings is 3. The van der Waals surface area contributed by atoms with Gasteiger partial charge in [-0.25, -0.2) is 9.97 Å². The third kappa shape index (κ3) is 6.30. The number of aliphatic hydroxyl groups excluding tert-OH is 2. The minimum absolute atomic E-state index is 0.0321. The molecule has 1 saturated heterocycles. The Balaban J connectivity index is 1.26. The van der Waals surface area contributed by atoms with Gasteiger partial charge in [0.1, 0.15) is 5.82 Å². The molecule has 0 aliphatic carbocycles. The van der Waals surface area contributed by atoms with Crippen LogP contribution in [0.4, 0.5) is 5.82 Å². The van der Waals surface area contributed by atoms with Crippen molar-refractivity contribution >= 4 is 40.6 Å². The molecule has 2 aliphatic rings. The van der Waals surface area contributed by atoms with E-state index >= 15 is 0 Å². The van der Waals surface area contributed by atoms with E-state index in [0.717, 1.165) is 40.0 Å². The molecule has 38 heavy (non-hydrogen) atoms. The van der Waals surface area contributed by atoms with E-state index in [4.69, 9.17) is 9.47 Å². The molecule has 4 atom stereocenters. The Kier molecular flexibility index (Phi) is 8.50. The predicted octanol–water partition coefficient (Wildman–Crippen LogP) is 2.54. The Bertz CT molecular complexity index is 1320. The first-order valence-electron chi connectivity index (χ1n) is 12.6. The number of amides is 1. The molecule has 1 fully saturated rings. The van der Waals surface area contributed by atoms with Crippen LogP contribution < -0.4 is 15.4 Å². The highest BCUT2D eigenvalue weighted by atomic mass is 32.2. The van der Waals surface area contributed by atoms with Crippen LogP contribution >= 0.6 is 11.8 Å². The van der Waals surface area contributed by atoms with Crippen molar-refractivity contribution in [3.05, 3.63) is 53.9 Å². The van der Waals surface area contributed by atoms with E-state index in [0.29, 0.717) is 30.4 Å². The van der Waals surface area contributed by atoms with Crippen LogP contribution in [0.5, 0.6) is 5.88 Å². The Morgan fingerprint density at radius 2 is 2.16 bits per heavy atom. The van der Waals surface area contributed by atoms with Gasteiger partial charge in [0.05, 0.1) is 59.4 Å². The molecule has 3 unspecified atom stereocenters. The monoisotopic (exact) mass is 537 g/mol. The Morgan fingerprint density at radius 1 is 1.26 bits per heavy atom. The number of anilines is 1. The highest BCUT2D eigenvalue weighted by Crippen LogP contribution is 2.30. The van der Waals surface area contributed by atoms with Gasteiger partial charge in [-0.15, -0.1) is 11.8 Å². The maximum atomic E-state index is 11.7. The quantitative estimate of drug-likeness (QED) is 0.322. The van der Waals surface area contributed by atoms with Gasteiger partial charge in [-0.2, -0.15) is 0 Å². The Labute approximate surface area is 224 Å². The number of thioether (sulfide) groups is 1. The average molecular weight is 538 g/mol. The number of nitrogens with one attached hydrogen (secondary N) is 2. The van der Waals surface area contributed by atoms with E-state index < -0.39 is 6.10 Å². The number of carbonyl (C=O) groups is 1. The van der Waals surface area contributed by atoms with Crippen LogP contribution in [0.3, 0.4) is 0 Å². The lowest BCUT2D eigenvalue weighted by Crippen LogP contribution is -2.48. The van der Waals surface area contributed by atoms with E-state index in [1.807, 2.05) is 36.4 Å². The normalized spacial score (nSPS) is 22.3. The molecule has 0 saturated carbocycles. The number of fused-ring (bicyclic) bond motifs is 2.